The van der Waals surface area contributed by atoms with Crippen molar-refractivity contribution in [1.82, 2.24) is 0 Å². The molecular formula is C14H18N2O2. The topological polar surface area (TPSA) is 50.7 Å². The number of ketones is 1. The molecule has 0 radical (unpaired) electrons. The molecule has 0 aromatic heterocycles. The summed E-state index contributed by atoms with van der Waals surface area (Å²) in [4.78, 5) is 11.7. The van der Waals surface area contributed by atoms with Crippen LogP contribution >= 0.6 is 0 Å². The Morgan fingerprint density at radius 3 is 2.72 bits per heavy atom. The fourth-order valence-electron chi connectivity index (χ4n) is 1.97. The fraction of sp³-hybridized carbons (Fsp3) is 0.429. The molecule has 0 bridgehead atoms. The van der Waals surface area contributed by atoms with Gasteiger partial charge in [-0.15, -0.1) is 0 Å². The average Bonchev–Trinajstić information content (AvgIpc) is 2.40. The molecule has 1 aliphatic carbocycles. The van der Waals surface area contributed by atoms with Gasteiger partial charge in [-0.3, -0.25) is 10.2 Å². The third-order valence-corrected chi connectivity index (χ3v) is 3.14. The van der Waals surface area contributed by atoms with Crippen molar-refractivity contribution < 1.29 is 9.53 Å². The van der Waals surface area contributed by atoms with Crippen molar-refractivity contribution in [2.24, 2.45) is 11.0 Å². The summed E-state index contributed by atoms with van der Waals surface area (Å²) >= 11 is 0. The Morgan fingerprint density at radius 1 is 1.33 bits per heavy atom. The van der Waals surface area contributed by atoms with Crippen LogP contribution in [0.3, 0.4) is 0 Å². The maximum atomic E-state index is 11.7. The minimum absolute atomic E-state index is 0.161. The van der Waals surface area contributed by atoms with Crippen molar-refractivity contribution in [2.45, 2.75) is 26.2 Å². The number of nitrogens with one attached hydrogen (secondary N) is 1. The van der Waals surface area contributed by atoms with Crippen LogP contribution in [0.5, 0.6) is 5.75 Å². The molecule has 1 aromatic rings. The van der Waals surface area contributed by atoms with E-state index in [9.17, 15) is 4.79 Å². The average molecular weight is 246 g/mol. The van der Waals surface area contributed by atoms with Crippen LogP contribution in [0.1, 0.15) is 26.2 Å². The summed E-state index contributed by atoms with van der Waals surface area (Å²) in [5.41, 5.74) is 4.44. The molecule has 0 aliphatic heterocycles. The number of hydrogen-bond acceptors (Lipinski definition) is 4. The number of Topliss-reactive ketones (excluding diaryl/α,β-unsaturated/α-hetero) is 1. The van der Waals surface area contributed by atoms with Crippen LogP contribution in [-0.2, 0) is 4.79 Å². The minimum Gasteiger partial charge on any atom is -0.497 e. The molecule has 1 saturated carbocycles. The Bertz CT molecular complexity index is 451. The van der Waals surface area contributed by atoms with Gasteiger partial charge in [0.15, 0.2) is 5.78 Å². The number of methoxy groups -OCH3 is 1. The highest BCUT2D eigenvalue weighted by molar-refractivity contribution is 6.40. The first-order valence-electron chi connectivity index (χ1n) is 6.19. The maximum absolute atomic E-state index is 11.7. The van der Waals surface area contributed by atoms with E-state index in [0.29, 0.717) is 18.1 Å². The highest BCUT2D eigenvalue weighted by Crippen LogP contribution is 2.20. The van der Waals surface area contributed by atoms with E-state index < -0.39 is 0 Å². The minimum atomic E-state index is 0.161. The van der Waals surface area contributed by atoms with Crippen molar-refractivity contribution in [3.8, 4) is 5.75 Å². The fourth-order valence-corrected chi connectivity index (χ4v) is 1.97. The lowest BCUT2D eigenvalue weighted by atomic mass is 9.88. The molecule has 4 nitrogen and oxygen atoms in total. The summed E-state index contributed by atoms with van der Waals surface area (Å²) in [5.74, 6) is 1.50. The SMILES string of the molecule is COc1ccc(N/N=C2\CC(C)CCC2=O)cc1. The highest BCUT2D eigenvalue weighted by atomic mass is 16.5. The van der Waals surface area contributed by atoms with Crippen LogP contribution in [0, 0.1) is 5.92 Å². The predicted octanol–water partition coefficient (Wildman–Crippen LogP) is 2.85. The van der Waals surface area contributed by atoms with Gasteiger partial charge in [-0.2, -0.15) is 5.10 Å². The number of nitrogens with zero attached hydrogens (tertiary/aromatic N) is 1. The Hall–Kier alpha value is -1.84. The molecule has 1 atom stereocenters. The normalized spacial score (nSPS) is 22.0. The molecule has 18 heavy (non-hydrogen) atoms. The first-order chi connectivity index (χ1) is 8.69. The van der Waals surface area contributed by atoms with E-state index in [1.54, 1.807) is 7.11 Å². The van der Waals surface area contributed by atoms with Gasteiger partial charge in [0, 0.05) is 6.42 Å². The van der Waals surface area contributed by atoms with Crippen LogP contribution in [0.2, 0.25) is 0 Å². The van der Waals surface area contributed by atoms with E-state index in [1.807, 2.05) is 24.3 Å². The first kappa shape index (κ1) is 12.6. The Balaban J connectivity index is 2.02. The smallest absolute Gasteiger partial charge is 0.178 e. The number of hydrogen-bond donors (Lipinski definition) is 1. The van der Waals surface area contributed by atoms with Gasteiger partial charge in [-0.05, 0) is 43.0 Å². The second-order valence-electron chi connectivity index (χ2n) is 4.67. The van der Waals surface area contributed by atoms with Crippen LogP contribution < -0.4 is 10.2 Å². The van der Waals surface area contributed by atoms with E-state index in [1.165, 1.54) is 0 Å². The van der Waals surface area contributed by atoms with E-state index >= 15 is 0 Å². The molecule has 1 N–H and O–H groups in total. The van der Waals surface area contributed by atoms with Crippen LogP contribution in [0.4, 0.5) is 5.69 Å². The van der Waals surface area contributed by atoms with Crippen molar-refractivity contribution in [3.63, 3.8) is 0 Å². The molecule has 0 amide bonds. The molecule has 4 heteroatoms. The van der Waals surface area contributed by atoms with Gasteiger partial charge in [-0.25, -0.2) is 0 Å². The molecule has 1 fully saturated rings. The molecule has 0 heterocycles. The summed E-state index contributed by atoms with van der Waals surface area (Å²) in [6.07, 6.45) is 2.35. The van der Waals surface area contributed by atoms with Gasteiger partial charge in [0.25, 0.3) is 0 Å². The predicted molar refractivity (Wildman–Crippen MR) is 72.1 cm³/mol. The van der Waals surface area contributed by atoms with Gasteiger partial charge in [0.2, 0.25) is 0 Å². The Morgan fingerprint density at radius 2 is 2.06 bits per heavy atom. The van der Waals surface area contributed by atoms with Gasteiger partial charge < -0.3 is 4.74 Å². The van der Waals surface area contributed by atoms with Gasteiger partial charge in [-0.1, -0.05) is 6.92 Å². The Kier molecular flexibility index (Phi) is 3.97. The van der Waals surface area contributed by atoms with Gasteiger partial charge in [0.05, 0.1) is 12.8 Å². The third kappa shape index (κ3) is 3.09. The number of benzene rings is 1. The molecule has 1 aliphatic rings. The van der Waals surface area contributed by atoms with E-state index in [-0.39, 0.29) is 5.78 Å². The largest absolute Gasteiger partial charge is 0.497 e. The molecule has 1 unspecified atom stereocenters. The second-order valence-corrected chi connectivity index (χ2v) is 4.67. The van der Waals surface area contributed by atoms with Crippen molar-refractivity contribution in [1.29, 1.82) is 0 Å². The Labute approximate surface area is 107 Å². The lowest BCUT2D eigenvalue weighted by Crippen LogP contribution is -2.24. The van der Waals surface area contributed by atoms with Crippen LogP contribution in [0.25, 0.3) is 0 Å². The van der Waals surface area contributed by atoms with E-state index in [2.05, 4.69) is 17.5 Å². The quantitative estimate of drug-likeness (QED) is 0.834. The lowest BCUT2D eigenvalue weighted by molar-refractivity contribution is -0.113. The summed E-state index contributed by atoms with van der Waals surface area (Å²) in [7, 11) is 1.63. The summed E-state index contributed by atoms with van der Waals surface area (Å²) in [5, 5.41) is 4.22. The van der Waals surface area contributed by atoms with E-state index in [0.717, 1.165) is 24.3 Å². The maximum Gasteiger partial charge on any atom is 0.178 e. The van der Waals surface area contributed by atoms with E-state index in [4.69, 9.17) is 4.74 Å². The zero-order valence-electron chi connectivity index (χ0n) is 10.8. The zero-order valence-corrected chi connectivity index (χ0v) is 10.8. The number of anilines is 1. The monoisotopic (exact) mass is 246 g/mol. The lowest BCUT2D eigenvalue weighted by Gasteiger charge is -2.18. The van der Waals surface area contributed by atoms with Crippen molar-refractivity contribution in [3.05, 3.63) is 24.3 Å². The second kappa shape index (κ2) is 5.67. The van der Waals surface area contributed by atoms with Gasteiger partial charge in [0.1, 0.15) is 11.5 Å². The molecule has 0 saturated heterocycles. The standard InChI is InChI=1S/C14H18N2O2/c1-10-3-8-14(17)13(9-10)16-15-11-4-6-12(18-2)7-5-11/h4-7,10,15H,3,8-9H2,1-2H3/b16-13+. The summed E-state index contributed by atoms with van der Waals surface area (Å²) in [6, 6.07) is 7.46. The van der Waals surface area contributed by atoms with Gasteiger partial charge >= 0.3 is 0 Å². The van der Waals surface area contributed by atoms with Crippen LogP contribution in [0.15, 0.2) is 29.4 Å². The number of carbonyl (C=O) groups excluding carboxylic acids is 1. The summed E-state index contributed by atoms with van der Waals surface area (Å²) < 4.78 is 5.08. The number of ether oxygens (including phenoxy) is 1. The van der Waals surface area contributed by atoms with Crippen molar-refractivity contribution in [2.75, 3.05) is 12.5 Å². The number of hydrazone groups is 1. The molecule has 2 rings (SSSR count). The first-order valence-corrected chi connectivity index (χ1v) is 6.19. The van der Waals surface area contributed by atoms with Crippen molar-refractivity contribution >= 4 is 17.2 Å². The van der Waals surface area contributed by atoms with Crippen LogP contribution in [-0.4, -0.2) is 18.6 Å². The molecule has 96 valence electrons. The highest BCUT2D eigenvalue weighted by Gasteiger charge is 2.21. The molecular weight excluding hydrogens is 228 g/mol. The number of rotatable bonds is 3. The molecule has 0 spiro atoms. The zero-order chi connectivity index (χ0) is 13.0. The molecule has 1 aromatic carbocycles. The third-order valence-electron chi connectivity index (χ3n) is 3.14. The summed E-state index contributed by atoms with van der Waals surface area (Å²) in [6.45, 7) is 2.15. The number of carbonyl (C=O) groups is 1.